The van der Waals surface area contributed by atoms with Crippen molar-refractivity contribution < 1.29 is 4.79 Å². The van der Waals surface area contributed by atoms with Crippen molar-refractivity contribution in [2.75, 3.05) is 14.1 Å². The Morgan fingerprint density at radius 2 is 1.83 bits per heavy atom. The maximum absolute atomic E-state index is 12.4. The van der Waals surface area contributed by atoms with Gasteiger partial charge in [-0.2, -0.15) is 10.5 Å². The third-order valence-corrected chi connectivity index (χ3v) is 4.17. The summed E-state index contributed by atoms with van der Waals surface area (Å²) in [6.45, 7) is 1.06. The van der Waals surface area contributed by atoms with Crippen LogP contribution in [0.15, 0.2) is 36.4 Å². The lowest BCUT2D eigenvalue weighted by Crippen LogP contribution is -2.22. The summed E-state index contributed by atoms with van der Waals surface area (Å²) >= 11 is 0. The van der Waals surface area contributed by atoms with Gasteiger partial charge < -0.3 is 9.80 Å². The molecule has 1 aliphatic heterocycles. The average Bonchev–Trinajstić information content (AvgIpc) is 3.03. The monoisotopic (exact) mass is 316 g/mol. The highest BCUT2D eigenvalue weighted by molar-refractivity contribution is 5.96. The molecule has 1 amide bonds. The standard InChI is InChI=1S/C19H16N4O/c1-22(2)19(24)15-7-16-10-23(12-21)11-18(16)17(8-15)14-5-3-13(9-20)4-6-14/h3-8H,10-11H2,1-2H3. The van der Waals surface area contributed by atoms with Gasteiger partial charge in [-0.1, -0.05) is 12.1 Å². The van der Waals surface area contributed by atoms with E-state index in [1.165, 1.54) is 0 Å². The van der Waals surface area contributed by atoms with Crippen LogP contribution in [0.1, 0.15) is 27.0 Å². The van der Waals surface area contributed by atoms with E-state index in [9.17, 15) is 10.1 Å². The van der Waals surface area contributed by atoms with Gasteiger partial charge in [-0.15, -0.1) is 0 Å². The fourth-order valence-corrected chi connectivity index (χ4v) is 2.95. The van der Waals surface area contributed by atoms with Gasteiger partial charge in [-0.25, -0.2) is 0 Å². The van der Waals surface area contributed by atoms with E-state index in [4.69, 9.17) is 5.26 Å². The van der Waals surface area contributed by atoms with E-state index in [2.05, 4.69) is 12.3 Å². The van der Waals surface area contributed by atoms with Gasteiger partial charge in [-0.05, 0) is 46.5 Å². The number of amides is 1. The second kappa shape index (κ2) is 6.06. The highest BCUT2D eigenvalue weighted by Gasteiger charge is 2.24. The van der Waals surface area contributed by atoms with Crippen molar-refractivity contribution in [3.05, 3.63) is 58.7 Å². The average molecular weight is 316 g/mol. The van der Waals surface area contributed by atoms with Gasteiger partial charge in [0.05, 0.1) is 24.7 Å². The third-order valence-electron chi connectivity index (χ3n) is 4.17. The van der Waals surface area contributed by atoms with Crippen molar-refractivity contribution in [3.63, 3.8) is 0 Å². The molecule has 0 atom stereocenters. The van der Waals surface area contributed by atoms with Gasteiger partial charge >= 0.3 is 0 Å². The topological polar surface area (TPSA) is 71.1 Å². The minimum absolute atomic E-state index is 0.0666. The molecular formula is C19H16N4O. The van der Waals surface area contributed by atoms with E-state index in [-0.39, 0.29) is 5.91 Å². The molecule has 0 N–H and O–H groups in total. The highest BCUT2D eigenvalue weighted by atomic mass is 16.2. The van der Waals surface area contributed by atoms with Crippen LogP contribution in [0, 0.1) is 22.8 Å². The van der Waals surface area contributed by atoms with Crippen LogP contribution < -0.4 is 0 Å². The summed E-state index contributed by atoms with van der Waals surface area (Å²) in [6.07, 6.45) is 2.17. The summed E-state index contributed by atoms with van der Waals surface area (Å²) in [6, 6.07) is 13.2. The predicted octanol–water partition coefficient (Wildman–Crippen LogP) is 2.72. The first-order valence-electron chi connectivity index (χ1n) is 7.56. The lowest BCUT2D eigenvalue weighted by Gasteiger charge is -2.14. The first-order chi connectivity index (χ1) is 11.5. The molecule has 0 fully saturated rings. The minimum Gasteiger partial charge on any atom is -0.345 e. The first kappa shape index (κ1) is 15.6. The van der Waals surface area contributed by atoms with E-state index in [1.54, 1.807) is 36.0 Å². The molecule has 2 aromatic carbocycles. The smallest absolute Gasteiger partial charge is 0.253 e. The predicted molar refractivity (Wildman–Crippen MR) is 89.5 cm³/mol. The molecule has 0 spiro atoms. The molecule has 3 rings (SSSR count). The van der Waals surface area contributed by atoms with Crippen molar-refractivity contribution in [1.82, 2.24) is 9.80 Å². The molecule has 0 saturated heterocycles. The Morgan fingerprint density at radius 1 is 1.12 bits per heavy atom. The van der Waals surface area contributed by atoms with Crippen molar-refractivity contribution in [2.24, 2.45) is 0 Å². The number of nitrogens with zero attached hydrogens (tertiary/aromatic N) is 4. The Bertz CT molecular complexity index is 885. The second-order valence-corrected chi connectivity index (χ2v) is 6.01. The molecule has 2 aromatic rings. The molecule has 0 aromatic heterocycles. The van der Waals surface area contributed by atoms with E-state index in [0.29, 0.717) is 24.2 Å². The number of nitriles is 2. The first-order valence-corrected chi connectivity index (χ1v) is 7.56. The molecule has 0 unspecified atom stereocenters. The minimum atomic E-state index is -0.0666. The van der Waals surface area contributed by atoms with Crippen LogP contribution in [0.25, 0.3) is 11.1 Å². The summed E-state index contributed by atoms with van der Waals surface area (Å²) in [5.41, 5.74) is 5.16. The zero-order chi connectivity index (χ0) is 17.3. The zero-order valence-electron chi connectivity index (χ0n) is 13.6. The van der Waals surface area contributed by atoms with Crippen LogP contribution >= 0.6 is 0 Å². The lowest BCUT2D eigenvalue weighted by molar-refractivity contribution is 0.0827. The van der Waals surface area contributed by atoms with Crippen LogP contribution in [0.4, 0.5) is 0 Å². The number of hydrogen-bond acceptors (Lipinski definition) is 4. The van der Waals surface area contributed by atoms with Crippen LogP contribution in [-0.2, 0) is 13.1 Å². The number of fused-ring (bicyclic) bond motifs is 1. The second-order valence-electron chi connectivity index (χ2n) is 6.01. The van der Waals surface area contributed by atoms with E-state index in [0.717, 1.165) is 22.3 Å². The fraction of sp³-hybridized carbons (Fsp3) is 0.211. The number of carbonyl (C=O) groups is 1. The molecule has 1 heterocycles. The maximum atomic E-state index is 12.4. The van der Waals surface area contributed by atoms with E-state index in [1.807, 2.05) is 24.3 Å². The molecule has 118 valence electrons. The molecule has 5 heteroatoms. The molecule has 0 saturated carbocycles. The Labute approximate surface area is 141 Å². The largest absolute Gasteiger partial charge is 0.345 e. The highest BCUT2D eigenvalue weighted by Crippen LogP contribution is 2.34. The van der Waals surface area contributed by atoms with Gasteiger partial charge in [0.25, 0.3) is 5.91 Å². The summed E-state index contributed by atoms with van der Waals surface area (Å²) in [5, 5.41) is 18.2. The quantitative estimate of drug-likeness (QED) is 0.799. The molecule has 0 bridgehead atoms. The summed E-state index contributed by atoms with van der Waals surface area (Å²) in [5.74, 6) is -0.0666. The van der Waals surface area contributed by atoms with Gasteiger partial charge in [-0.3, -0.25) is 4.79 Å². The van der Waals surface area contributed by atoms with Crippen molar-refractivity contribution >= 4 is 5.91 Å². The van der Waals surface area contributed by atoms with Crippen LogP contribution in [0.2, 0.25) is 0 Å². The van der Waals surface area contributed by atoms with Crippen LogP contribution in [0.5, 0.6) is 0 Å². The van der Waals surface area contributed by atoms with Gasteiger partial charge in [0.2, 0.25) is 0 Å². The Hall–Kier alpha value is -3.31. The number of carbonyl (C=O) groups excluding carboxylic acids is 1. The van der Waals surface area contributed by atoms with Crippen molar-refractivity contribution in [1.29, 1.82) is 10.5 Å². The Kier molecular flexibility index (Phi) is 3.93. The summed E-state index contributed by atoms with van der Waals surface area (Å²) < 4.78 is 0. The third kappa shape index (κ3) is 2.68. The summed E-state index contributed by atoms with van der Waals surface area (Å²) in [7, 11) is 3.44. The van der Waals surface area contributed by atoms with Crippen LogP contribution in [0.3, 0.4) is 0 Å². The normalized spacial score (nSPS) is 12.2. The summed E-state index contributed by atoms with van der Waals surface area (Å²) in [4.78, 5) is 15.6. The molecule has 0 radical (unpaired) electrons. The number of benzene rings is 2. The molecule has 5 nitrogen and oxygen atoms in total. The van der Waals surface area contributed by atoms with Gasteiger partial charge in [0.15, 0.2) is 6.19 Å². The number of hydrogen-bond donors (Lipinski definition) is 0. The SMILES string of the molecule is CN(C)C(=O)c1cc2c(c(-c3ccc(C#N)cc3)c1)CN(C#N)C2. The Morgan fingerprint density at radius 3 is 2.42 bits per heavy atom. The molecule has 24 heavy (non-hydrogen) atoms. The maximum Gasteiger partial charge on any atom is 0.253 e. The number of rotatable bonds is 2. The van der Waals surface area contributed by atoms with Crippen molar-refractivity contribution in [3.8, 4) is 23.4 Å². The molecule has 1 aliphatic rings. The molecule has 0 aliphatic carbocycles. The molecular weight excluding hydrogens is 300 g/mol. The van der Waals surface area contributed by atoms with E-state index < -0.39 is 0 Å². The zero-order valence-corrected chi connectivity index (χ0v) is 13.6. The Balaban J connectivity index is 2.15. The van der Waals surface area contributed by atoms with Crippen LogP contribution in [-0.4, -0.2) is 29.8 Å². The van der Waals surface area contributed by atoms with Crippen molar-refractivity contribution in [2.45, 2.75) is 13.1 Å². The fourth-order valence-electron chi connectivity index (χ4n) is 2.95. The lowest BCUT2D eigenvalue weighted by atomic mass is 9.93. The van der Waals surface area contributed by atoms with Gasteiger partial charge in [0.1, 0.15) is 0 Å². The van der Waals surface area contributed by atoms with E-state index >= 15 is 0 Å². The van der Waals surface area contributed by atoms with Gasteiger partial charge in [0, 0.05) is 19.7 Å².